The molecule has 19 heavy (non-hydrogen) atoms. The molecular formula is C16H22N2O. The van der Waals surface area contributed by atoms with E-state index in [1.807, 2.05) is 18.5 Å². The van der Waals surface area contributed by atoms with Crippen LogP contribution in [0.15, 0.2) is 36.7 Å². The van der Waals surface area contributed by atoms with E-state index in [4.69, 9.17) is 5.11 Å². The first-order valence-corrected chi connectivity index (χ1v) is 6.75. The Hall–Kier alpha value is -1.45. The summed E-state index contributed by atoms with van der Waals surface area (Å²) < 4.78 is 0. The fourth-order valence-electron chi connectivity index (χ4n) is 2.18. The van der Waals surface area contributed by atoms with Crippen molar-refractivity contribution in [1.82, 2.24) is 10.3 Å². The topological polar surface area (TPSA) is 45.1 Å². The van der Waals surface area contributed by atoms with Crippen molar-refractivity contribution in [1.29, 1.82) is 0 Å². The molecule has 0 amide bonds. The van der Waals surface area contributed by atoms with Crippen molar-refractivity contribution in [3.63, 3.8) is 0 Å². The number of aliphatic hydroxyl groups is 1. The molecule has 0 bridgehead atoms. The van der Waals surface area contributed by atoms with E-state index in [2.05, 4.69) is 42.3 Å². The summed E-state index contributed by atoms with van der Waals surface area (Å²) >= 11 is 0. The number of aliphatic hydroxyl groups excluding tert-OH is 1. The Morgan fingerprint density at radius 3 is 2.84 bits per heavy atom. The van der Waals surface area contributed by atoms with E-state index in [0.29, 0.717) is 0 Å². The molecule has 0 radical (unpaired) electrons. The average Bonchev–Trinajstić information content (AvgIpc) is 2.38. The van der Waals surface area contributed by atoms with E-state index in [0.717, 1.165) is 19.5 Å². The summed E-state index contributed by atoms with van der Waals surface area (Å²) in [5.41, 5.74) is 1.41. The SMILES string of the molecule is CC(C)(CCO)CNCc1ccc2cnccc2c1. The molecule has 2 aromatic rings. The molecule has 3 heteroatoms. The molecule has 1 heterocycles. The van der Waals surface area contributed by atoms with E-state index in [-0.39, 0.29) is 12.0 Å². The second-order valence-corrected chi connectivity index (χ2v) is 5.80. The molecule has 3 nitrogen and oxygen atoms in total. The second kappa shape index (κ2) is 6.13. The van der Waals surface area contributed by atoms with Crippen molar-refractivity contribution in [2.75, 3.05) is 13.2 Å². The molecule has 0 fully saturated rings. The van der Waals surface area contributed by atoms with Crippen molar-refractivity contribution in [2.45, 2.75) is 26.8 Å². The highest BCUT2D eigenvalue weighted by Crippen LogP contribution is 2.19. The first-order chi connectivity index (χ1) is 9.11. The number of fused-ring (bicyclic) bond motifs is 1. The van der Waals surface area contributed by atoms with Gasteiger partial charge in [0.05, 0.1) is 0 Å². The summed E-state index contributed by atoms with van der Waals surface area (Å²) in [6.45, 7) is 6.34. The summed E-state index contributed by atoms with van der Waals surface area (Å²) in [5.74, 6) is 0. The molecular weight excluding hydrogens is 236 g/mol. The van der Waals surface area contributed by atoms with Crippen molar-refractivity contribution >= 4 is 10.8 Å². The second-order valence-electron chi connectivity index (χ2n) is 5.80. The minimum atomic E-state index is 0.134. The highest BCUT2D eigenvalue weighted by atomic mass is 16.3. The van der Waals surface area contributed by atoms with Gasteiger partial charge in [-0.1, -0.05) is 26.0 Å². The molecule has 0 saturated carbocycles. The Bertz CT molecular complexity index is 537. The van der Waals surface area contributed by atoms with Crippen LogP contribution in [0.1, 0.15) is 25.8 Å². The van der Waals surface area contributed by atoms with E-state index < -0.39 is 0 Å². The molecule has 0 aliphatic carbocycles. The van der Waals surface area contributed by atoms with Gasteiger partial charge < -0.3 is 10.4 Å². The summed E-state index contributed by atoms with van der Waals surface area (Å²) in [5, 5.41) is 14.9. The minimum absolute atomic E-state index is 0.134. The number of pyridine rings is 1. The smallest absolute Gasteiger partial charge is 0.0436 e. The zero-order valence-electron chi connectivity index (χ0n) is 11.7. The van der Waals surface area contributed by atoms with Crippen LogP contribution in [0.3, 0.4) is 0 Å². The fourth-order valence-corrected chi connectivity index (χ4v) is 2.18. The van der Waals surface area contributed by atoms with Crippen LogP contribution in [0.4, 0.5) is 0 Å². The van der Waals surface area contributed by atoms with Crippen LogP contribution in [0, 0.1) is 5.41 Å². The Kier molecular flexibility index (Phi) is 4.51. The third-order valence-electron chi connectivity index (χ3n) is 3.43. The zero-order valence-corrected chi connectivity index (χ0v) is 11.7. The Labute approximate surface area is 114 Å². The molecule has 1 aromatic heterocycles. The standard InChI is InChI=1S/C16H22N2O/c1-16(2,6-8-19)12-18-10-13-3-4-15-11-17-7-5-14(15)9-13/h3-5,7,9,11,18-19H,6,8,10,12H2,1-2H3. The third-order valence-corrected chi connectivity index (χ3v) is 3.43. The van der Waals surface area contributed by atoms with Gasteiger partial charge in [-0.2, -0.15) is 0 Å². The van der Waals surface area contributed by atoms with Gasteiger partial charge in [0.25, 0.3) is 0 Å². The molecule has 2 N–H and O–H groups in total. The molecule has 1 aromatic carbocycles. The largest absolute Gasteiger partial charge is 0.396 e. The molecule has 0 unspecified atom stereocenters. The van der Waals surface area contributed by atoms with Crippen LogP contribution in [-0.4, -0.2) is 23.2 Å². The molecule has 0 aliphatic heterocycles. The highest BCUT2D eigenvalue weighted by molar-refractivity contribution is 5.81. The van der Waals surface area contributed by atoms with Crippen molar-refractivity contribution in [3.05, 3.63) is 42.2 Å². The van der Waals surface area contributed by atoms with Crippen LogP contribution in [0.25, 0.3) is 10.8 Å². The average molecular weight is 258 g/mol. The van der Waals surface area contributed by atoms with Crippen molar-refractivity contribution < 1.29 is 5.11 Å². The number of benzene rings is 1. The van der Waals surface area contributed by atoms with Gasteiger partial charge in [-0.05, 0) is 34.9 Å². The molecule has 102 valence electrons. The first kappa shape index (κ1) is 14.0. The molecule has 0 saturated heterocycles. The lowest BCUT2D eigenvalue weighted by atomic mass is 9.90. The van der Waals surface area contributed by atoms with Crippen LogP contribution in [-0.2, 0) is 6.54 Å². The monoisotopic (exact) mass is 258 g/mol. The number of hydrogen-bond donors (Lipinski definition) is 2. The number of aromatic nitrogens is 1. The predicted molar refractivity (Wildman–Crippen MR) is 78.9 cm³/mol. The normalized spacial score (nSPS) is 11.9. The number of hydrogen-bond acceptors (Lipinski definition) is 3. The van der Waals surface area contributed by atoms with Gasteiger partial charge in [-0.15, -0.1) is 0 Å². The van der Waals surface area contributed by atoms with Crippen LogP contribution < -0.4 is 5.32 Å². The summed E-state index contributed by atoms with van der Waals surface area (Å²) in [7, 11) is 0. The summed E-state index contributed by atoms with van der Waals surface area (Å²) in [4.78, 5) is 4.12. The van der Waals surface area contributed by atoms with Gasteiger partial charge in [-0.3, -0.25) is 4.98 Å². The third kappa shape index (κ3) is 4.01. The summed E-state index contributed by atoms with van der Waals surface area (Å²) in [6, 6.07) is 8.48. The lowest BCUT2D eigenvalue weighted by Gasteiger charge is -2.24. The molecule has 0 spiro atoms. The number of rotatable bonds is 6. The van der Waals surface area contributed by atoms with E-state index in [1.54, 1.807) is 0 Å². The Morgan fingerprint density at radius 2 is 2.05 bits per heavy atom. The van der Waals surface area contributed by atoms with Gasteiger partial charge in [0, 0.05) is 37.5 Å². The predicted octanol–water partition coefficient (Wildman–Crippen LogP) is 2.73. The zero-order chi connectivity index (χ0) is 13.7. The van der Waals surface area contributed by atoms with Gasteiger partial charge in [-0.25, -0.2) is 0 Å². The summed E-state index contributed by atoms with van der Waals surface area (Å²) in [6.07, 6.45) is 4.53. The van der Waals surface area contributed by atoms with E-state index >= 15 is 0 Å². The van der Waals surface area contributed by atoms with E-state index in [9.17, 15) is 0 Å². The minimum Gasteiger partial charge on any atom is -0.396 e. The molecule has 0 atom stereocenters. The van der Waals surface area contributed by atoms with Crippen LogP contribution >= 0.6 is 0 Å². The van der Waals surface area contributed by atoms with Gasteiger partial charge >= 0.3 is 0 Å². The molecule has 2 rings (SSSR count). The maximum atomic E-state index is 9.00. The van der Waals surface area contributed by atoms with Gasteiger partial charge in [0.2, 0.25) is 0 Å². The Morgan fingerprint density at radius 1 is 1.21 bits per heavy atom. The highest BCUT2D eigenvalue weighted by Gasteiger charge is 2.16. The van der Waals surface area contributed by atoms with Crippen molar-refractivity contribution in [3.8, 4) is 0 Å². The Balaban J connectivity index is 1.95. The number of nitrogens with zero attached hydrogens (tertiary/aromatic N) is 1. The maximum absolute atomic E-state index is 9.00. The van der Waals surface area contributed by atoms with E-state index in [1.165, 1.54) is 16.3 Å². The maximum Gasteiger partial charge on any atom is 0.0436 e. The van der Waals surface area contributed by atoms with Gasteiger partial charge in [0.15, 0.2) is 0 Å². The van der Waals surface area contributed by atoms with Gasteiger partial charge in [0.1, 0.15) is 0 Å². The first-order valence-electron chi connectivity index (χ1n) is 6.75. The quantitative estimate of drug-likeness (QED) is 0.837. The lowest BCUT2D eigenvalue weighted by Crippen LogP contribution is -2.29. The van der Waals surface area contributed by atoms with Crippen LogP contribution in [0.5, 0.6) is 0 Å². The van der Waals surface area contributed by atoms with Crippen molar-refractivity contribution in [2.24, 2.45) is 5.41 Å². The lowest BCUT2D eigenvalue weighted by molar-refractivity contribution is 0.207. The number of nitrogens with one attached hydrogen (secondary N) is 1. The fraction of sp³-hybridized carbons (Fsp3) is 0.438. The van der Waals surface area contributed by atoms with Crippen LogP contribution in [0.2, 0.25) is 0 Å². The molecule has 0 aliphatic rings.